The van der Waals surface area contributed by atoms with Gasteiger partial charge in [0.25, 0.3) is 0 Å². The Hall–Kier alpha value is -1.59. The van der Waals surface area contributed by atoms with Crippen molar-refractivity contribution in [1.29, 1.82) is 0 Å². The molecule has 19 heavy (non-hydrogen) atoms. The fraction of sp³-hybridized carbons (Fsp3) is 0.385. The molecule has 0 bridgehead atoms. The van der Waals surface area contributed by atoms with Crippen LogP contribution in [0.15, 0.2) is 18.2 Å². The normalized spacial score (nSPS) is 22.2. The highest BCUT2D eigenvalue weighted by Crippen LogP contribution is 2.27. The molecule has 2 atom stereocenters. The van der Waals surface area contributed by atoms with Crippen LogP contribution in [0.4, 0.5) is 5.69 Å². The molecule has 1 fully saturated rings. The summed E-state index contributed by atoms with van der Waals surface area (Å²) < 4.78 is 0. The molecule has 0 aliphatic heterocycles. The largest absolute Gasteiger partial charge is 0.478 e. The smallest absolute Gasteiger partial charge is 0.337 e. The van der Waals surface area contributed by atoms with Crippen molar-refractivity contribution >= 4 is 29.2 Å². The molecule has 1 aromatic carbocycles. The number of halogens is 1. The quantitative estimate of drug-likeness (QED) is 0.791. The zero-order valence-corrected chi connectivity index (χ0v) is 11.0. The minimum Gasteiger partial charge on any atom is -0.478 e. The van der Waals surface area contributed by atoms with Crippen LogP contribution in [0.1, 0.15) is 29.6 Å². The summed E-state index contributed by atoms with van der Waals surface area (Å²) in [5.41, 5.74) is 6.09. The van der Waals surface area contributed by atoms with Gasteiger partial charge in [0.1, 0.15) is 0 Å². The van der Waals surface area contributed by atoms with Crippen LogP contribution in [0.3, 0.4) is 0 Å². The van der Waals surface area contributed by atoms with Crippen LogP contribution in [0, 0.1) is 5.92 Å². The van der Waals surface area contributed by atoms with E-state index in [1.165, 1.54) is 18.2 Å². The van der Waals surface area contributed by atoms with Crippen LogP contribution in [-0.2, 0) is 4.79 Å². The van der Waals surface area contributed by atoms with Crippen molar-refractivity contribution in [3.05, 3.63) is 28.8 Å². The average Bonchev–Trinajstić information content (AvgIpc) is 2.75. The number of nitrogens with one attached hydrogen (secondary N) is 1. The predicted octanol–water partition coefficient (Wildman–Crippen LogP) is 2.10. The van der Waals surface area contributed by atoms with Gasteiger partial charge in [-0.1, -0.05) is 18.0 Å². The highest BCUT2D eigenvalue weighted by Gasteiger charge is 2.30. The molecule has 1 amide bonds. The third kappa shape index (κ3) is 3.05. The first kappa shape index (κ1) is 13.8. The number of carbonyl (C=O) groups is 2. The number of hydrogen-bond donors (Lipinski definition) is 3. The lowest BCUT2D eigenvalue weighted by Gasteiger charge is -2.16. The maximum Gasteiger partial charge on any atom is 0.337 e. The Balaban J connectivity index is 2.20. The summed E-state index contributed by atoms with van der Waals surface area (Å²) in [5, 5.41) is 12.1. The standard InChI is InChI=1S/C13H15ClN2O3/c14-7-4-5-9(13(18)19)11(6-7)16-12(17)8-2-1-3-10(8)15/h4-6,8,10H,1-3,15H2,(H,16,17)(H,18,19). The molecule has 0 aromatic heterocycles. The molecule has 1 saturated carbocycles. The first-order valence-electron chi connectivity index (χ1n) is 6.08. The van der Waals surface area contributed by atoms with E-state index in [9.17, 15) is 9.59 Å². The number of hydrogen-bond acceptors (Lipinski definition) is 3. The molecule has 0 heterocycles. The molecule has 2 unspecified atom stereocenters. The van der Waals surface area contributed by atoms with Gasteiger partial charge < -0.3 is 16.2 Å². The topological polar surface area (TPSA) is 92.4 Å². The van der Waals surface area contributed by atoms with E-state index in [4.69, 9.17) is 22.4 Å². The molecular formula is C13H15ClN2O3. The van der Waals surface area contributed by atoms with Gasteiger partial charge in [-0.25, -0.2) is 4.79 Å². The Morgan fingerprint density at radius 2 is 2.11 bits per heavy atom. The number of benzene rings is 1. The van der Waals surface area contributed by atoms with Crippen LogP contribution >= 0.6 is 11.6 Å². The molecule has 1 aliphatic carbocycles. The van der Waals surface area contributed by atoms with Crippen molar-refractivity contribution < 1.29 is 14.7 Å². The second-order valence-electron chi connectivity index (χ2n) is 4.69. The predicted molar refractivity (Wildman–Crippen MR) is 72.4 cm³/mol. The number of aromatic carboxylic acids is 1. The van der Waals surface area contributed by atoms with Gasteiger partial charge in [0.05, 0.1) is 17.2 Å². The number of carboxylic acid groups (broad SMARTS) is 1. The van der Waals surface area contributed by atoms with Gasteiger partial charge in [-0.05, 0) is 31.0 Å². The third-order valence-electron chi connectivity index (χ3n) is 3.38. The maximum atomic E-state index is 12.1. The van der Waals surface area contributed by atoms with Gasteiger partial charge in [0.15, 0.2) is 0 Å². The highest BCUT2D eigenvalue weighted by molar-refractivity contribution is 6.31. The summed E-state index contributed by atoms with van der Waals surface area (Å²) in [7, 11) is 0. The zero-order valence-electron chi connectivity index (χ0n) is 10.2. The molecule has 5 nitrogen and oxygen atoms in total. The summed E-state index contributed by atoms with van der Waals surface area (Å²) in [6.45, 7) is 0. The van der Waals surface area contributed by atoms with Crippen LogP contribution in [0.25, 0.3) is 0 Å². The molecule has 102 valence electrons. The summed E-state index contributed by atoms with van der Waals surface area (Å²) in [6.07, 6.45) is 2.47. The molecular weight excluding hydrogens is 268 g/mol. The van der Waals surface area contributed by atoms with Gasteiger partial charge in [0.2, 0.25) is 5.91 Å². The number of carboxylic acids is 1. The summed E-state index contributed by atoms with van der Waals surface area (Å²) >= 11 is 5.82. The average molecular weight is 283 g/mol. The Morgan fingerprint density at radius 3 is 2.68 bits per heavy atom. The van der Waals surface area contributed by atoms with Crippen molar-refractivity contribution in [2.75, 3.05) is 5.32 Å². The lowest BCUT2D eigenvalue weighted by Crippen LogP contribution is -2.34. The first-order chi connectivity index (χ1) is 8.99. The molecule has 0 saturated heterocycles. The fourth-order valence-electron chi connectivity index (χ4n) is 2.35. The van der Waals surface area contributed by atoms with Gasteiger partial charge in [0, 0.05) is 11.1 Å². The van der Waals surface area contributed by atoms with Crippen LogP contribution in [0.5, 0.6) is 0 Å². The number of anilines is 1. The van der Waals surface area contributed by atoms with Gasteiger partial charge >= 0.3 is 5.97 Å². The third-order valence-corrected chi connectivity index (χ3v) is 3.61. The minimum atomic E-state index is -1.11. The molecule has 1 aromatic rings. The first-order valence-corrected chi connectivity index (χ1v) is 6.46. The van der Waals surface area contributed by atoms with E-state index < -0.39 is 5.97 Å². The SMILES string of the molecule is NC1CCCC1C(=O)Nc1cc(Cl)ccc1C(=O)O. The van der Waals surface area contributed by atoms with Crippen LogP contribution in [-0.4, -0.2) is 23.0 Å². The summed E-state index contributed by atoms with van der Waals surface area (Å²) in [6, 6.07) is 4.12. The van der Waals surface area contributed by atoms with Crippen molar-refractivity contribution in [1.82, 2.24) is 0 Å². The van der Waals surface area contributed by atoms with Crippen LogP contribution in [0.2, 0.25) is 5.02 Å². The Kier molecular flexibility index (Phi) is 4.07. The fourth-order valence-corrected chi connectivity index (χ4v) is 2.52. The summed E-state index contributed by atoms with van der Waals surface area (Å²) in [5.74, 6) is -1.61. The molecule has 0 radical (unpaired) electrons. The molecule has 6 heteroatoms. The Labute approximate surface area is 115 Å². The molecule has 1 aliphatic rings. The van der Waals surface area contributed by atoms with E-state index in [0.29, 0.717) is 5.02 Å². The van der Waals surface area contributed by atoms with Crippen molar-refractivity contribution in [3.63, 3.8) is 0 Å². The van der Waals surface area contributed by atoms with Crippen molar-refractivity contribution in [2.45, 2.75) is 25.3 Å². The second-order valence-corrected chi connectivity index (χ2v) is 5.12. The lowest BCUT2D eigenvalue weighted by atomic mass is 10.0. The van der Waals surface area contributed by atoms with Crippen molar-refractivity contribution in [3.8, 4) is 0 Å². The van der Waals surface area contributed by atoms with Crippen LogP contribution < -0.4 is 11.1 Å². The Bertz CT molecular complexity index is 519. The second kappa shape index (κ2) is 5.59. The minimum absolute atomic E-state index is 0.0179. The van der Waals surface area contributed by atoms with E-state index in [1.807, 2.05) is 0 Å². The molecule has 0 spiro atoms. The van der Waals surface area contributed by atoms with E-state index in [-0.39, 0.29) is 29.1 Å². The van der Waals surface area contributed by atoms with E-state index in [1.54, 1.807) is 0 Å². The van der Waals surface area contributed by atoms with E-state index in [0.717, 1.165) is 19.3 Å². The van der Waals surface area contributed by atoms with Gasteiger partial charge in [-0.2, -0.15) is 0 Å². The monoisotopic (exact) mass is 282 g/mol. The summed E-state index contributed by atoms with van der Waals surface area (Å²) in [4.78, 5) is 23.2. The van der Waals surface area contributed by atoms with Gasteiger partial charge in [-0.15, -0.1) is 0 Å². The molecule has 2 rings (SSSR count). The van der Waals surface area contributed by atoms with Crippen molar-refractivity contribution in [2.24, 2.45) is 11.7 Å². The van der Waals surface area contributed by atoms with Gasteiger partial charge in [-0.3, -0.25) is 4.79 Å². The van der Waals surface area contributed by atoms with E-state index in [2.05, 4.69) is 5.32 Å². The number of nitrogens with two attached hydrogens (primary N) is 1. The lowest BCUT2D eigenvalue weighted by molar-refractivity contribution is -0.120. The number of rotatable bonds is 3. The molecule has 4 N–H and O–H groups in total. The number of carbonyl (C=O) groups excluding carboxylic acids is 1. The Morgan fingerprint density at radius 1 is 1.37 bits per heavy atom. The van der Waals surface area contributed by atoms with E-state index >= 15 is 0 Å². The number of amides is 1. The zero-order chi connectivity index (χ0) is 14.0. The highest BCUT2D eigenvalue weighted by atomic mass is 35.5. The maximum absolute atomic E-state index is 12.1.